The standard InChI is InChI=1S/C20H13Cl2N5/c21-10-1-5-15-17(7-10)26-19(24-15)13-4-3-12(23)9-14(13)20-25-16-6-2-11(22)8-18(16)27-20/h1-9H,23H2,(H,24,26)(H,25,27). The number of hydrogen-bond donors (Lipinski definition) is 3. The quantitative estimate of drug-likeness (QED) is 0.338. The molecule has 2 aromatic heterocycles. The molecule has 27 heavy (non-hydrogen) atoms. The molecule has 2 heterocycles. The number of rotatable bonds is 2. The average molecular weight is 394 g/mol. The molecule has 0 aliphatic rings. The zero-order valence-electron chi connectivity index (χ0n) is 13.9. The number of aromatic amines is 2. The summed E-state index contributed by atoms with van der Waals surface area (Å²) in [4.78, 5) is 16.0. The number of nitrogen functional groups attached to an aromatic ring is 1. The Morgan fingerprint density at radius 1 is 0.667 bits per heavy atom. The third-order valence-corrected chi connectivity index (χ3v) is 4.91. The summed E-state index contributed by atoms with van der Waals surface area (Å²) in [5.41, 5.74) is 11.8. The highest BCUT2D eigenvalue weighted by Crippen LogP contribution is 2.33. The highest BCUT2D eigenvalue weighted by Gasteiger charge is 2.15. The Balaban J connectivity index is 1.72. The molecule has 0 bridgehead atoms. The van der Waals surface area contributed by atoms with Crippen molar-refractivity contribution in [1.29, 1.82) is 0 Å². The lowest BCUT2D eigenvalue weighted by Gasteiger charge is -2.06. The lowest BCUT2D eigenvalue weighted by molar-refractivity contribution is 1.30. The molecule has 5 aromatic rings. The van der Waals surface area contributed by atoms with Gasteiger partial charge in [-0.1, -0.05) is 23.2 Å². The number of halogens is 2. The molecule has 0 aliphatic heterocycles. The second-order valence-electron chi connectivity index (χ2n) is 6.30. The number of nitrogens with two attached hydrogens (primary N) is 1. The van der Waals surface area contributed by atoms with Crippen molar-refractivity contribution in [1.82, 2.24) is 19.9 Å². The van der Waals surface area contributed by atoms with Crippen LogP contribution in [0.1, 0.15) is 0 Å². The van der Waals surface area contributed by atoms with Crippen molar-refractivity contribution in [2.75, 3.05) is 5.73 Å². The van der Waals surface area contributed by atoms with Gasteiger partial charge in [0.2, 0.25) is 0 Å². The summed E-state index contributed by atoms with van der Waals surface area (Å²) < 4.78 is 0. The summed E-state index contributed by atoms with van der Waals surface area (Å²) in [7, 11) is 0. The third-order valence-electron chi connectivity index (χ3n) is 4.44. The van der Waals surface area contributed by atoms with Crippen molar-refractivity contribution in [3.05, 3.63) is 64.6 Å². The minimum atomic E-state index is 0.645. The molecule has 0 atom stereocenters. The van der Waals surface area contributed by atoms with E-state index in [1.165, 1.54) is 0 Å². The lowest BCUT2D eigenvalue weighted by Crippen LogP contribution is -1.92. The zero-order chi connectivity index (χ0) is 18.5. The van der Waals surface area contributed by atoms with Crippen LogP contribution in [0.3, 0.4) is 0 Å². The molecule has 4 N–H and O–H groups in total. The number of anilines is 1. The van der Waals surface area contributed by atoms with Crippen molar-refractivity contribution >= 4 is 51.0 Å². The Bertz CT molecular complexity index is 1320. The van der Waals surface area contributed by atoms with E-state index in [1.54, 1.807) is 0 Å². The number of fused-ring (bicyclic) bond motifs is 2. The van der Waals surface area contributed by atoms with Crippen LogP contribution < -0.4 is 5.73 Å². The van der Waals surface area contributed by atoms with Gasteiger partial charge in [0, 0.05) is 26.9 Å². The van der Waals surface area contributed by atoms with E-state index >= 15 is 0 Å². The van der Waals surface area contributed by atoms with Crippen LogP contribution in [0.15, 0.2) is 54.6 Å². The minimum Gasteiger partial charge on any atom is -0.399 e. The number of nitrogens with zero attached hydrogens (tertiary/aromatic N) is 2. The zero-order valence-corrected chi connectivity index (χ0v) is 15.4. The monoisotopic (exact) mass is 393 g/mol. The van der Waals surface area contributed by atoms with Crippen LogP contribution in [0.4, 0.5) is 5.69 Å². The Morgan fingerprint density at radius 3 is 1.81 bits per heavy atom. The summed E-state index contributed by atoms with van der Waals surface area (Å²) in [5.74, 6) is 1.42. The normalized spacial score (nSPS) is 11.5. The molecular weight excluding hydrogens is 381 g/mol. The van der Waals surface area contributed by atoms with Gasteiger partial charge in [0.15, 0.2) is 0 Å². The van der Waals surface area contributed by atoms with Crippen molar-refractivity contribution in [3.8, 4) is 22.8 Å². The van der Waals surface area contributed by atoms with Gasteiger partial charge in [0.25, 0.3) is 0 Å². The van der Waals surface area contributed by atoms with Crippen LogP contribution >= 0.6 is 23.2 Å². The number of H-pyrrole nitrogens is 2. The summed E-state index contributed by atoms with van der Waals surface area (Å²) in [6.07, 6.45) is 0. The van der Waals surface area contributed by atoms with Gasteiger partial charge in [-0.3, -0.25) is 0 Å². The summed E-state index contributed by atoms with van der Waals surface area (Å²) in [5, 5.41) is 1.31. The molecule has 0 amide bonds. The van der Waals surface area contributed by atoms with Gasteiger partial charge in [-0.25, -0.2) is 9.97 Å². The topological polar surface area (TPSA) is 83.4 Å². The lowest BCUT2D eigenvalue weighted by atomic mass is 10.1. The first kappa shape index (κ1) is 16.2. The Labute approximate surface area is 164 Å². The van der Waals surface area contributed by atoms with Gasteiger partial charge < -0.3 is 15.7 Å². The van der Waals surface area contributed by atoms with Crippen molar-refractivity contribution in [2.24, 2.45) is 0 Å². The maximum atomic E-state index is 6.09. The molecule has 0 saturated heterocycles. The smallest absolute Gasteiger partial charge is 0.139 e. The summed E-state index contributed by atoms with van der Waals surface area (Å²) in [6, 6.07) is 16.8. The Hall–Kier alpha value is -3.02. The summed E-state index contributed by atoms with van der Waals surface area (Å²) >= 11 is 12.2. The minimum absolute atomic E-state index is 0.645. The Kier molecular flexibility index (Phi) is 3.60. The molecule has 5 nitrogen and oxygen atoms in total. The molecule has 7 heteroatoms. The van der Waals surface area contributed by atoms with Crippen LogP contribution in [0.2, 0.25) is 10.0 Å². The molecule has 0 saturated carbocycles. The number of nitrogens with one attached hydrogen (secondary N) is 2. The van der Waals surface area contributed by atoms with Crippen LogP contribution in [0, 0.1) is 0 Å². The number of aromatic nitrogens is 4. The first-order valence-corrected chi connectivity index (χ1v) is 9.03. The van der Waals surface area contributed by atoms with Crippen molar-refractivity contribution in [2.45, 2.75) is 0 Å². The van der Waals surface area contributed by atoms with Gasteiger partial charge in [-0.15, -0.1) is 0 Å². The van der Waals surface area contributed by atoms with E-state index in [4.69, 9.17) is 33.9 Å². The number of imidazole rings is 2. The molecule has 0 spiro atoms. The molecule has 0 fully saturated rings. The van der Waals surface area contributed by atoms with E-state index in [2.05, 4.69) is 15.0 Å². The molecule has 0 radical (unpaired) electrons. The van der Waals surface area contributed by atoms with Gasteiger partial charge in [0.05, 0.1) is 22.1 Å². The number of benzene rings is 3. The molecule has 0 unspecified atom stereocenters. The van der Waals surface area contributed by atoms with E-state index in [9.17, 15) is 0 Å². The average Bonchev–Trinajstić information content (AvgIpc) is 3.24. The van der Waals surface area contributed by atoms with Gasteiger partial charge >= 0.3 is 0 Å². The Morgan fingerprint density at radius 2 is 1.22 bits per heavy atom. The molecule has 5 rings (SSSR count). The van der Waals surface area contributed by atoms with Gasteiger partial charge in [-0.2, -0.15) is 0 Å². The van der Waals surface area contributed by atoms with Crippen LogP contribution in [0.25, 0.3) is 44.8 Å². The van der Waals surface area contributed by atoms with Crippen molar-refractivity contribution in [3.63, 3.8) is 0 Å². The fourth-order valence-corrected chi connectivity index (χ4v) is 3.53. The van der Waals surface area contributed by atoms with E-state index < -0.39 is 0 Å². The van der Waals surface area contributed by atoms with E-state index in [0.29, 0.717) is 21.6 Å². The second-order valence-corrected chi connectivity index (χ2v) is 7.17. The van der Waals surface area contributed by atoms with Crippen LogP contribution in [-0.4, -0.2) is 19.9 Å². The number of hydrogen-bond acceptors (Lipinski definition) is 3. The van der Waals surface area contributed by atoms with Crippen molar-refractivity contribution < 1.29 is 0 Å². The van der Waals surface area contributed by atoms with Gasteiger partial charge in [0.1, 0.15) is 11.6 Å². The molecule has 0 aliphatic carbocycles. The molecule has 3 aromatic carbocycles. The first-order chi connectivity index (χ1) is 13.1. The predicted octanol–water partition coefficient (Wildman–Crippen LogP) is 5.66. The van der Waals surface area contributed by atoms with Crippen LogP contribution in [-0.2, 0) is 0 Å². The van der Waals surface area contributed by atoms with Crippen LogP contribution in [0.5, 0.6) is 0 Å². The predicted molar refractivity (Wildman–Crippen MR) is 111 cm³/mol. The van der Waals surface area contributed by atoms with E-state index in [1.807, 2.05) is 54.6 Å². The molecular formula is C20H13Cl2N5. The largest absolute Gasteiger partial charge is 0.399 e. The summed E-state index contributed by atoms with van der Waals surface area (Å²) in [6.45, 7) is 0. The SMILES string of the molecule is Nc1ccc(-c2nc3ccc(Cl)cc3[nH]2)c(-c2nc3ccc(Cl)cc3[nH]2)c1. The highest BCUT2D eigenvalue weighted by molar-refractivity contribution is 6.31. The highest BCUT2D eigenvalue weighted by atomic mass is 35.5. The fourth-order valence-electron chi connectivity index (χ4n) is 3.18. The first-order valence-electron chi connectivity index (χ1n) is 8.28. The van der Waals surface area contributed by atoms with E-state index in [0.717, 1.165) is 39.0 Å². The second kappa shape index (κ2) is 6.01. The molecule has 132 valence electrons. The maximum absolute atomic E-state index is 6.09. The van der Waals surface area contributed by atoms with E-state index in [-0.39, 0.29) is 0 Å². The third kappa shape index (κ3) is 2.81. The fraction of sp³-hybridized carbons (Fsp3) is 0. The van der Waals surface area contributed by atoms with Gasteiger partial charge in [-0.05, 0) is 54.6 Å². The maximum Gasteiger partial charge on any atom is 0.139 e.